The van der Waals surface area contributed by atoms with Crippen molar-refractivity contribution in [1.82, 2.24) is 0 Å². The van der Waals surface area contributed by atoms with Crippen LogP contribution < -0.4 is 10.4 Å². The van der Waals surface area contributed by atoms with Gasteiger partial charge >= 0.3 is 5.63 Å². The highest BCUT2D eigenvalue weighted by Crippen LogP contribution is 2.36. The fraction of sp³-hybridized carbons (Fsp3) is 0.0714. The van der Waals surface area contributed by atoms with E-state index in [1.165, 1.54) is 6.07 Å². The Bertz CT molecular complexity index is 805. The van der Waals surface area contributed by atoms with Crippen LogP contribution in [-0.4, -0.2) is 7.11 Å². The number of methoxy groups -OCH3 is 1. The Hall–Kier alpha value is -2.00. The monoisotopic (exact) mass is 260 g/mol. The first-order chi connectivity index (χ1) is 8.70. The number of benzene rings is 2. The molecule has 0 aliphatic carbocycles. The Morgan fingerprint density at radius 3 is 2.83 bits per heavy atom. The van der Waals surface area contributed by atoms with Gasteiger partial charge in [-0.05, 0) is 18.2 Å². The second-order valence-corrected chi connectivity index (χ2v) is 4.32. The minimum Gasteiger partial charge on any atom is -0.496 e. The summed E-state index contributed by atoms with van der Waals surface area (Å²) >= 11 is 6.18. The first-order valence-electron chi connectivity index (χ1n) is 5.40. The normalized spacial score (nSPS) is 11.0. The zero-order chi connectivity index (χ0) is 12.7. The first kappa shape index (κ1) is 11.1. The third-order valence-corrected chi connectivity index (χ3v) is 3.19. The number of ether oxygens (including phenoxy) is 1. The lowest BCUT2D eigenvalue weighted by Crippen LogP contribution is -1.96. The van der Waals surface area contributed by atoms with Crippen LogP contribution in [0.15, 0.2) is 45.6 Å². The van der Waals surface area contributed by atoms with E-state index in [1.54, 1.807) is 19.2 Å². The average Bonchev–Trinajstić information content (AvgIpc) is 2.38. The average molecular weight is 261 g/mol. The fourth-order valence-electron chi connectivity index (χ4n) is 2.09. The van der Waals surface area contributed by atoms with E-state index in [0.29, 0.717) is 16.4 Å². The Morgan fingerprint density at radius 1 is 1.22 bits per heavy atom. The van der Waals surface area contributed by atoms with E-state index >= 15 is 0 Å². The molecule has 0 amide bonds. The van der Waals surface area contributed by atoms with Crippen molar-refractivity contribution < 1.29 is 9.15 Å². The summed E-state index contributed by atoms with van der Waals surface area (Å²) in [6.45, 7) is 0. The number of rotatable bonds is 1. The van der Waals surface area contributed by atoms with Gasteiger partial charge in [-0.1, -0.05) is 23.7 Å². The van der Waals surface area contributed by atoms with Gasteiger partial charge in [0, 0.05) is 22.2 Å². The van der Waals surface area contributed by atoms with E-state index in [-0.39, 0.29) is 5.63 Å². The number of hydrogen-bond acceptors (Lipinski definition) is 3. The molecule has 1 aromatic heterocycles. The maximum absolute atomic E-state index is 11.3. The zero-order valence-corrected chi connectivity index (χ0v) is 10.3. The van der Waals surface area contributed by atoms with Crippen molar-refractivity contribution in [3.05, 3.63) is 51.8 Å². The summed E-state index contributed by atoms with van der Waals surface area (Å²) in [5.74, 6) is 0.664. The smallest absolute Gasteiger partial charge is 0.336 e. The molecule has 18 heavy (non-hydrogen) atoms. The molecule has 0 aliphatic rings. The molecule has 0 unspecified atom stereocenters. The zero-order valence-electron chi connectivity index (χ0n) is 9.57. The van der Waals surface area contributed by atoms with Crippen molar-refractivity contribution in [3.63, 3.8) is 0 Å². The standard InChI is InChI=1S/C14H9ClO3/c1-17-11-7-8-5-6-12(16)18-14(8)9-3-2-4-10(15)13(9)11/h2-7H,1H3. The second-order valence-electron chi connectivity index (χ2n) is 3.91. The van der Waals surface area contributed by atoms with Crippen LogP contribution in [0.4, 0.5) is 0 Å². The highest BCUT2D eigenvalue weighted by atomic mass is 35.5. The fourth-order valence-corrected chi connectivity index (χ4v) is 2.36. The molecule has 0 spiro atoms. The third-order valence-electron chi connectivity index (χ3n) is 2.87. The number of fused-ring (bicyclic) bond motifs is 3. The van der Waals surface area contributed by atoms with Gasteiger partial charge < -0.3 is 9.15 Å². The van der Waals surface area contributed by atoms with Crippen molar-refractivity contribution in [2.24, 2.45) is 0 Å². The molecular weight excluding hydrogens is 252 g/mol. The van der Waals surface area contributed by atoms with Gasteiger partial charge in [-0.15, -0.1) is 0 Å². The van der Waals surface area contributed by atoms with Crippen LogP contribution in [0.25, 0.3) is 21.7 Å². The van der Waals surface area contributed by atoms with Gasteiger partial charge in [0.25, 0.3) is 0 Å². The highest BCUT2D eigenvalue weighted by molar-refractivity contribution is 6.37. The van der Waals surface area contributed by atoms with Gasteiger partial charge in [-0.25, -0.2) is 4.79 Å². The molecule has 3 nitrogen and oxygen atoms in total. The molecule has 3 rings (SSSR count). The molecule has 2 aromatic carbocycles. The van der Waals surface area contributed by atoms with Crippen LogP contribution in [0.1, 0.15) is 0 Å². The van der Waals surface area contributed by atoms with Gasteiger partial charge in [0.2, 0.25) is 0 Å². The van der Waals surface area contributed by atoms with Crippen molar-refractivity contribution in [3.8, 4) is 5.75 Å². The molecule has 0 bridgehead atoms. The second kappa shape index (κ2) is 4.03. The minimum absolute atomic E-state index is 0.381. The molecule has 0 aliphatic heterocycles. The molecule has 4 heteroatoms. The van der Waals surface area contributed by atoms with Crippen LogP contribution in [0.5, 0.6) is 5.75 Å². The van der Waals surface area contributed by atoms with Crippen molar-refractivity contribution in [2.45, 2.75) is 0 Å². The Kier molecular flexibility index (Phi) is 2.49. The van der Waals surface area contributed by atoms with E-state index in [4.69, 9.17) is 20.8 Å². The van der Waals surface area contributed by atoms with Gasteiger partial charge in [-0.3, -0.25) is 0 Å². The summed E-state index contributed by atoms with van der Waals surface area (Å²) in [5, 5.41) is 2.90. The molecule has 90 valence electrons. The van der Waals surface area contributed by atoms with E-state index in [1.807, 2.05) is 18.2 Å². The van der Waals surface area contributed by atoms with E-state index < -0.39 is 0 Å². The maximum Gasteiger partial charge on any atom is 0.336 e. The van der Waals surface area contributed by atoms with Crippen LogP contribution in [0, 0.1) is 0 Å². The lowest BCUT2D eigenvalue weighted by Gasteiger charge is -2.09. The van der Waals surface area contributed by atoms with Crippen LogP contribution in [0.2, 0.25) is 5.02 Å². The Morgan fingerprint density at radius 2 is 2.06 bits per heavy atom. The topological polar surface area (TPSA) is 39.4 Å². The van der Waals surface area contributed by atoms with Gasteiger partial charge in [0.1, 0.15) is 11.3 Å². The molecule has 0 saturated heterocycles. The Labute approximate surface area is 108 Å². The van der Waals surface area contributed by atoms with Gasteiger partial charge in [-0.2, -0.15) is 0 Å². The molecule has 0 saturated carbocycles. The largest absolute Gasteiger partial charge is 0.496 e. The van der Waals surface area contributed by atoms with Gasteiger partial charge in [0.15, 0.2) is 0 Å². The highest BCUT2D eigenvalue weighted by Gasteiger charge is 2.11. The summed E-state index contributed by atoms with van der Waals surface area (Å²) in [4.78, 5) is 11.3. The van der Waals surface area contributed by atoms with Crippen molar-refractivity contribution in [1.29, 1.82) is 0 Å². The van der Waals surface area contributed by atoms with Crippen molar-refractivity contribution >= 4 is 33.3 Å². The quantitative estimate of drug-likeness (QED) is 0.496. The maximum atomic E-state index is 11.3. The predicted octanol–water partition coefficient (Wildman–Crippen LogP) is 3.61. The van der Waals surface area contributed by atoms with Gasteiger partial charge in [0.05, 0.1) is 12.1 Å². The number of hydrogen-bond donors (Lipinski definition) is 0. The molecular formula is C14H9ClO3. The number of halogens is 1. The molecule has 3 aromatic rings. The molecule has 1 heterocycles. The Balaban J connectivity index is 2.63. The van der Waals surface area contributed by atoms with Crippen LogP contribution in [0.3, 0.4) is 0 Å². The lowest BCUT2D eigenvalue weighted by atomic mass is 10.1. The van der Waals surface area contributed by atoms with E-state index in [0.717, 1.165) is 16.2 Å². The first-order valence-corrected chi connectivity index (χ1v) is 5.77. The molecule has 0 fully saturated rings. The van der Waals surface area contributed by atoms with Crippen LogP contribution in [-0.2, 0) is 0 Å². The lowest BCUT2D eigenvalue weighted by molar-refractivity contribution is 0.420. The summed E-state index contributed by atoms with van der Waals surface area (Å²) in [5.41, 5.74) is 0.148. The SMILES string of the molecule is COc1cc2ccc(=O)oc2c2cccc(Cl)c12. The minimum atomic E-state index is -0.381. The molecule has 0 radical (unpaired) electrons. The summed E-state index contributed by atoms with van der Waals surface area (Å²) < 4.78 is 10.6. The summed E-state index contributed by atoms with van der Waals surface area (Å²) in [7, 11) is 1.59. The predicted molar refractivity (Wildman–Crippen MR) is 71.6 cm³/mol. The summed E-state index contributed by atoms with van der Waals surface area (Å²) in [6.07, 6.45) is 0. The summed E-state index contributed by atoms with van der Waals surface area (Å²) in [6, 6.07) is 10.4. The van der Waals surface area contributed by atoms with Crippen LogP contribution >= 0.6 is 11.6 Å². The molecule has 0 N–H and O–H groups in total. The van der Waals surface area contributed by atoms with E-state index in [9.17, 15) is 4.79 Å². The van der Waals surface area contributed by atoms with Crippen molar-refractivity contribution in [2.75, 3.05) is 7.11 Å². The molecule has 0 atom stereocenters. The third kappa shape index (κ3) is 1.56. The van der Waals surface area contributed by atoms with E-state index in [2.05, 4.69) is 0 Å².